The zero-order chi connectivity index (χ0) is 20.3. The minimum absolute atomic E-state index is 0.115. The smallest absolute Gasteiger partial charge is 0.272 e. The Kier molecular flexibility index (Phi) is 4.46. The van der Waals surface area contributed by atoms with Gasteiger partial charge in [0.2, 0.25) is 5.91 Å². The summed E-state index contributed by atoms with van der Waals surface area (Å²) in [6.07, 6.45) is 4.59. The highest BCUT2D eigenvalue weighted by Crippen LogP contribution is 2.53. The van der Waals surface area contributed by atoms with Crippen LogP contribution in [0.5, 0.6) is 0 Å². The number of hydrazone groups is 1. The molecule has 0 N–H and O–H groups in total. The topological polar surface area (TPSA) is 35.9 Å². The van der Waals surface area contributed by atoms with E-state index >= 15 is 0 Å². The molecule has 1 amide bonds. The predicted molar refractivity (Wildman–Crippen MR) is 98.3 cm³/mol. The van der Waals surface area contributed by atoms with E-state index in [1.165, 1.54) is 17.1 Å². The first-order valence-electron chi connectivity index (χ1n) is 10.2. The number of rotatable bonds is 4. The molecule has 8 heteroatoms. The molecule has 1 aromatic carbocycles. The average molecular weight is 409 g/mol. The standard InChI is InChI=1S/C21H23F4N3O/c22-16-5-14(6-17(23)8-16)19-1-2-26-28(19)20(29)18-7-15(12-3-13(18)4-12)9-27-10-21(24,25)11-27/h2,5-6,8,12-13,15,18-19H,1,3-4,7,9-11H2. The van der Waals surface area contributed by atoms with E-state index in [1.54, 1.807) is 11.1 Å². The van der Waals surface area contributed by atoms with Gasteiger partial charge in [-0.25, -0.2) is 22.6 Å². The monoisotopic (exact) mass is 409 g/mol. The molecule has 4 fully saturated rings. The van der Waals surface area contributed by atoms with Crippen LogP contribution in [0.15, 0.2) is 23.3 Å². The summed E-state index contributed by atoms with van der Waals surface area (Å²) in [5.41, 5.74) is 0.398. The van der Waals surface area contributed by atoms with Gasteiger partial charge in [-0.15, -0.1) is 0 Å². The highest BCUT2D eigenvalue weighted by molar-refractivity contribution is 5.82. The summed E-state index contributed by atoms with van der Waals surface area (Å²) in [6.45, 7) is 0.225. The molecule has 3 saturated carbocycles. The summed E-state index contributed by atoms with van der Waals surface area (Å²) in [7, 11) is 0. The quantitative estimate of drug-likeness (QED) is 0.709. The van der Waals surface area contributed by atoms with Gasteiger partial charge in [0.25, 0.3) is 5.92 Å². The van der Waals surface area contributed by atoms with Crippen molar-refractivity contribution in [3.63, 3.8) is 0 Å². The zero-order valence-corrected chi connectivity index (χ0v) is 15.9. The lowest BCUT2D eigenvalue weighted by Gasteiger charge is -2.53. The maximum absolute atomic E-state index is 13.7. The Morgan fingerprint density at radius 3 is 2.41 bits per heavy atom. The molecule has 5 aliphatic rings. The maximum atomic E-state index is 13.7. The Labute approximate surface area is 166 Å². The summed E-state index contributed by atoms with van der Waals surface area (Å²) in [5.74, 6) is -3.21. The van der Waals surface area contributed by atoms with Gasteiger partial charge in [0.05, 0.1) is 19.1 Å². The predicted octanol–water partition coefficient (Wildman–Crippen LogP) is 3.84. The lowest BCUT2D eigenvalue weighted by molar-refractivity contribution is -0.157. The van der Waals surface area contributed by atoms with E-state index in [1.807, 2.05) is 0 Å². The summed E-state index contributed by atoms with van der Waals surface area (Å²) < 4.78 is 53.6. The number of benzene rings is 1. The molecule has 3 atom stereocenters. The molecule has 0 aromatic heterocycles. The molecule has 2 heterocycles. The largest absolute Gasteiger partial charge is 0.291 e. The van der Waals surface area contributed by atoms with Crippen LogP contribution in [-0.2, 0) is 4.79 Å². The first-order valence-corrected chi connectivity index (χ1v) is 10.2. The number of alkyl halides is 2. The number of fused-ring (bicyclic) bond motifs is 2. The zero-order valence-electron chi connectivity index (χ0n) is 15.9. The number of carbonyl (C=O) groups excluding carboxylic acids is 1. The van der Waals surface area contributed by atoms with Crippen molar-refractivity contribution in [3.05, 3.63) is 35.4 Å². The van der Waals surface area contributed by atoms with Gasteiger partial charge in [-0.2, -0.15) is 5.10 Å². The van der Waals surface area contributed by atoms with Gasteiger partial charge in [-0.3, -0.25) is 9.69 Å². The number of amides is 1. The highest BCUT2D eigenvalue weighted by atomic mass is 19.3. The lowest BCUT2D eigenvalue weighted by atomic mass is 9.55. The number of nitrogens with zero attached hydrogens (tertiary/aromatic N) is 3. The van der Waals surface area contributed by atoms with Crippen molar-refractivity contribution >= 4 is 12.1 Å². The maximum Gasteiger partial charge on any atom is 0.272 e. The molecule has 4 nitrogen and oxygen atoms in total. The third kappa shape index (κ3) is 3.45. The minimum Gasteiger partial charge on any atom is -0.291 e. The average Bonchev–Trinajstić information content (AvgIpc) is 3.07. The SMILES string of the molecule is O=C(C1CC(CN2CC(F)(F)C2)C2CC1C2)N1N=CCC1c1cc(F)cc(F)c1. The fraction of sp³-hybridized carbons (Fsp3) is 0.619. The van der Waals surface area contributed by atoms with E-state index in [0.717, 1.165) is 18.9 Å². The van der Waals surface area contributed by atoms with Crippen molar-refractivity contribution in [2.24, 2.45) is 28.8 Å². The van der Waals surface area contributed by atoms with Crippen LogP contribution < -0.4 is 0 Å². The van der Waals surface area contributed by atoms with Crippen LogP contribution in [0.1, 0.15) is 37.3 Å². The number of hydrogen-bond donors (Lipinski definition) is 0. The molecule has 156 valence electrons. The first kappa shape index (κ1) is 19.0. The Balaban J connectivity index is 1.28. The summed E-state index contributed by atoms with van der Waals surface area (Å²) in [6, 6.07) is 2.80. The Bertz CT molecular complexity index is 826. The van der Waals surface area contributed by atoms with Crippen molar-refractivity contribution in [2.45, 2.75) is 37.6 Å². The molecule has 2 aliphatic heterocycles. The normalized spacial score (nSPS) is 35.3. The molecule has 1 aromatic rings. The fourth-order valence-corrected chi connectivity index (χ4v) is 5.57. The molecule has 0 spiro atoms. The molecule has 6 rings (SSSR count). The van der Waals surface area contributed by atoms with Crippen LogP contribution in [0.4, 0.5) is 17.6 Å². The highest BCUT2D eigenvalue weighted by Gasteiger charge is 2.52. The van der Waals surface area contributed by atoms with Crippen LogP contribution in [0.3, 0.4) is 0 Å². The fourth-order valence-electron chi connectivity index (χ4n) is 5.57. The molecule has 29 heavy (non-hydrogen) atoms. The van der Waals surface area contributed by atoms with E-state index in [2.05, 4.69) is 5.10 Å². The minimum atomic E-state index is -2.58. The van der Waals surface area contributed by atoms with Crippen LogP contribution >= 0.6 is 0 Å². The van der Waals surface area contributed by atoms with E-state index in [-0.39, 0.29) is 30.8 Å². The molecule has 1 saturated heterocycles. The second kappa shape index (κ2) is 6.79. The van der Waals surface area contributed by atoms with Crippen LogP contribution in [-0.4, -0.2) is 47.6 Å². The van der Waals surface area contributed by atoms with E-state index < -0.39 is 23.6 Å². The van der Waals surface area contributed by atoms with Crippen molar-refractivity contribution in [3.8, 4) is 0 Å². The van der Waals surface area contributed by atoms with Gasteiger partial charge >= 0.3 is 0 Å². The van der Waals surface area contributed by atoms with Gasteiger partial charge in [-0.05, 0) is 54.7 Å². The molecule has 0 radical (unpaired) electrons. The van der Waals surface area contributed by atoms with E-state index in [9.17, 15) is 22.4 Å². The van der Waals surface area contributed by atoms with Crippen molar-refractivity contribution in [1.29, 1.82) is 0 Å². The van der Waals surface area contributed by atoms with Crippen molar-refractivity contribution in [2.75, 3.05) is 19.6 Å². The van der Waals surface area contributed by atoms with E-state index in [4.69, 9.17) is 0 Å². The molecular formula is C21H23F4N3O. The number of hydrogen-bond acceptors (Lipinski definition) is 3. The summed E-state index contributed by atoms with van der Waals surface area (Å²) in [5, 5.41) is 5.60. The Morgan fingerprint density at radius 2 is 1.76 bits per heavy atom. The molecule has 2 bridgehead atoms. The lowest BCUT2D eigenvalue weighted by Crippen LogP contribution is -2.59. The third-order valence-electron chi connectivity index (χ3n) is 7.05. The van der Waals surface area contributed by atoms with Gasteiger partial charge in [0.15, 0.2) is 0 Å². The second-order valence-electron chi connectivity index (χ2n) is 9.05. The first-order chi connectivity index (χ1) is 13.8. The molecule has 3 unspecified atom stereocenters. The molecule has 3 aliphatic carbocycles. The second-order valence-corrected chi connectivity index (χ2v) is 9.05. The molecular weight excluding hydrogens is 386 g/mol. The van der Waals surface area contributed by atoms with Crippen molar-refractivity contribution in [1.82, 2.24) is 9.91 Å². The third-order valence-corrected chi connectivity index (χ3v) is 7.05. The number of carbonyl (C=O) groups is 1. The van der Waals surface area contributed by atoms with Crippen LogP contribution in [0, 0.1) is 35.3 Å². The van der Waals surface area contributed by atoms with Gasteiger partial charge in [0.1, 0.15) is 11.6 Å². The summed E-state index contributed by atoms with van der Waals surface area (Å²) >= 11 is 0. The van der Waals surface area contributed by atoms with Gasteiger partial charge in [-0.1, -0.05) is 0 Å². The Morgan fingerprint density at radius 1 is 1.07 bits per heavy atom. The van der Waals surface area contributed by atoms with Gasteiger partial charge < -0.3 is 0 Å². The number of halogens is 4. The van der Waals surface area contributed by atoms with Crippen LogP contribution in [0.2, 0.25) is 0 Å². The van der Waals surface area contributed by atoms with Crippen molar-refractivity contribution < 1.29 is 22.4 Å². The number of likely N-dealkylation sites (tertiary alicyclic amines) is 1. The summed E-state index contributed by atoms with van der Waals surface area (Å²) in [4.78, 5) is 15.1. The van der Waals surface area contributed by atoms with Crippen LogP contribution in [0.25, 0.3) is 0 Å². The van der Waals surface area contributed by atoms with E-state index in [0.29, 0.717) is 36.8 Å². The Hall–Kier alpha value is -1.96. The van der Waals surface area contributed by atoms with Gasteiger partial charge in [0, 0.05) is 31.2 Å².